The molecule has 0 saturated carbocycles. The summed E-state index contributed by atoms with van der Waals surface area (Å²) in [5.74, 6) is -8.92. The molecule has 1 aliphatic heterocycles. The van der Waals surface area contributed by atoms with Crippen LogP contribution in [0.3, 0.4) is 0 Å². The normalized spacial score (nSPS) is 15.9. The molecule has 1 fully saturated rings. The summed E-state index contributed by atoms with van der Waals surface area (Å²) in [5, 5.41) is 0. The van der Waals surface area contributed by atoms with Crippen molar-refractivity contribution in [2.24, 2.45) is 0 Å². The van der Waals surface area contributed by atoms with Gasteiger partial charge in [0.2, 0.25) is 0 Å². The van der Waals surface area contributed by atoms with Crippen LogP contribution in [0.2, 0.25) is 0 Å². The summed E-state index contributed by atoms with van der Waals surface area (Å²) in [4.78, 5) is 185. The number of nitrogens with zero attached hydrogens (tertiary/aromatic N) is 4. The van der Waals surface area contributed by atoms with Crippen LogP contribution in [-0.2, 0) is 26.2 Å². The van der Waals surface area contributed by atoms with E-state index in [2.05, 4.69) is 0 Å². The standard InChI is InChI=1S/C46H52F8N4O16P4.4Na/c47-43(48,75(63,64)65)39(59)35-11-1-7-31(23-35)27-55-15-5-16-57(29-33-9-3-13-37(25-33)41(61)45(51,52)77(69,70)71)21-22-58(30-34-10-4-14-38(26-34)42(62)46(53,54)78(72,73)74)18-6-17-56(20-19-55)28-32-8-2-12-36(24-32)40(60)44(49,50)76(66,67)68;;;;/h1-4,7-14,23-26H,5-6,15-22,27-30H2,(H2,63,64,65)(H2,66,67,68)(H2,69,70,71)(H2,72,73,74);;;;/q;4*+1/p-4. The third kappa shape index (κ3) is 21.1. The van der Waals surface area contributed by atoms with E-state index in [0.29, 0.717) is 0 Å². The maximum Gasteiger partial charge on any atom is 1.00 e. The molecule has 0 amide bonds. The summed E-state index contributed by atoms with van der Waals surface area (Å²) >= 11 is 0. The van der Waals surface area contributed by atoms with Crippen molar-refractivity contribution in [3.63, 3.8) is 0 Å². The molecule has 0 bridgehead atoms. The Labute approximate surface area is 555 Å². The predicted molar refractivity (Wildman–Crippen MR) is 250 cm³/mol. The van der Waals surface area contributed by atoms with Gasteiger partial charge in [-0.05, 0) is 85.5 Å². The molecule has 20 nitrogen and oxygen atoms in total. The number of benzene rings is 4. The average Bonchev–Trinajstić information content (AvgIpc) is 3.34. The van der Waals surface area contributed by atoms with Crippen molar-refractivity contribution in [2.45, 2.75) is 61.7 Å². The van der Waals surface area contributed by atoms with E-state index in [9.17, 15) is 113 Å². The number of alkyl halides is 8. The number of carbonyl (C=O) groups excluding carboxylic acids is 4. The Hall–Kier alpha value is 0.0800. The van der Waals surface area contributed by atoms with Gasteiger partial charge in [-0.25, -0.2) is 19.6 Å². The summed E-state index contributed by atoms with van der Waals surface area (Å²) < 4.78 is 116. The van der Waals surface area contributed by atoms with Crippen molar-refractivity contribution in [1.29, 1.82) is 0 Å². The first-order valence-corrected chi connectivity index (χ1v) is 29.3. The van der Waals surface area contributed by atoms with Crippen molar-refractivity contribution < 1.29 is 231 Å². The Bertz CT molecular complexity index is 2440. The average molecular weight is 1280 g/mol. The largest absolute Gasteiger partial charge is 1.00 e. The van der Waals surface area contributed by atoms with Crippen molar-refractivity contribution in [3.05, 3.63) is 142 Å². The molecule has 0 aromatic heterocycles. The fraction of sp³-hybridized carbons (Fsp3) is 0.391. The van der Waals surface area contributed by atoms with Crippen LogP contribution in [0.1, 0.15) is 76.5 Å². The van der Waals surface area contributed by atoms with E-state index in [1.807, 2.05) is 0 Å². The van der Waals surface area contributed by atoms with E-state index in [1.54, 1.807) is 19.6 Å². The van der Waals surface area contributed by atoms with Gasteiger partial charge in [-0.15, -0.1) is 0 Å². The van der Waals surface area contributed by atoms with Gasteiger partial charge in [0, 0.05) is 74.6 Å². The van der Waals surface area contributed by atoms with Gasteiger partial charge in [0.25, 0.3) is 23.1 Å². The zero-order chi connectivity index (χ0) is 58.5. The van der Waals surface area contributed by atoms with E-state index in [0.717, 1.165) is 60.7 Å². The van der Waals surface area contributed by atoms with Crippen molar-refractivity contribution in [1.82, 2.24) is 19.6 Å². The molecular formula is C46H48F8N4Na4O16P4. The summed E-state index contributed by atoms with van der Waals surface area (Å²) in [6.07, 6.45) is 0.363. The Morgan fingerprint density at radius 1 is 0.366 bits per heavy atom. The van der Waals surface area contributed by atoms with Gasteiger partial charge in [-0.3, -0.25) is 38.8 Å². The number of rotatable bonds is 20. The van der Waals surface area contributed by atoms with E-state index in [-0.39, 0.29) is 232 Å². The first-order chi connectivity index (χ1) is 35.9. The molecule has 0 aliphatic carbocycles. The van der Waals surface area contributed by atoms with Gasteiger partial charge < -0.3 is 39.1 Å². The van der Waals surface area contributed by atoms with E-state index in [1.165, 1.54) is 36.4 Å². The third-order valence-electron chi connectivity index (χ3n) is 12.3. The number of hydrogen-bond donors (Lipinski definition) is 4. The van der Waals surface area contributed by atoms with Crippen LogP contribution in [0.4, 0.5) is 35.1 Å². The van der Waals surface area contributed by atoms with Crippen molar-refractivity contribution >= 4 is 54.9 Å². The Kier molecular flexibility index (Phi) is 31.9. The molecule has 4 aromatic rings. The molecule has 1 saturated heterocycles. The number of halogens is 8. The minimum atomic E-state index is -6.77. The summed E-state index contributed by atoms with van der Waals surface area (Å²) in [6, 6.07) is 17.7. The second kappa shape index (κ2) is 32.7. The van der Waals surface area contributed by atoms with Crippen molar-refractivity contribution in [3.8, 4) is 0 Å². The van der Waals surface area contributed by atoms with Gasteiger partial charge in [0.1, 0.15) is 0 Å². The van der Waals surface area contributed by atoms with Gasteiger partial charge in [0.15, 0.2) is 0 Å². The van der Waals surface area contributed by atoms with Gasteiger partial charge in [-0.2, -0.15) is 35.1 Å². The molecule has 4 N–H and O–H groups in total. The first-order valence-electron chi connectivity index (χ1n) is 23.0. The SMILES string of the molecule is O=C(c1cccc(CN2CCCN(Cc3cccc(C(=O)C(F)(F)[P+]([O-])(O)O)c3)CCN(Cc3cccc(C(=O)C(F)(F)[P+]([O-])(O)O)c3)CCCN(Cc3cccc(C(=O)C(F)(F)[P+]([O-])([O-])[O-])c3)CC2)c1)C(F)(F)[P+]([O-])([O-])[O-].[Na+].[Na+].[Na+].[Na+]. The predicted octanol–water partition coefficient (Wildman–Crippen LogP) is -12.2. The van der Waals surface area contributed by atoms with Gasteiger partial charge in [-0.1, -0.05) is 88.7 Å². The third-order valence-corrected chi connectivity index (χ3v) is 15.9. The monoisotopic (exact) mass is 1280 g/mol. The molecule has 0 atom stereocenters. The molecule has 1 aliphatic rings. The Morgan fingerprint density at radius 3 is 0.744 bits per heavy atom. The number of hydrogen-bond acceptors (Lipinski definition) is 20. The fourth-order valence-corrected chi connectivity index (χ4v) is 9.71. The quantitative estimate of drug-likeness (QED) is 0.0276. The molecule has 0 unspecified atom stereocenters. The molecule has 4 aromatic carbocycles. The molecular weight excluding hydrogens is 1230 g/mol. The molecule has 428 valence electrons. The molecule has 36 heteroatoms. The zero-order valence-electron chi connectivity index (χ0n) is 44.4. The number of Topliss-reactive ketones (excluding diaryl/α,β-unsaturated/α-hetero) is 4. The molecule has 0 radical (unpaired) electrons. The van der Waals surface area contributed by atoms with Gasteiger partial charge in [0.05, 0.1) is 0 Å². The fourth-order valence-electron chi connectivity index (χ4n) is 8.17. The molecule has 0 spiro atoms. The van der Waals surface area contributed by atoms with Crippen LogP contribution in [-0.4, -0.2) is 137 Å². The first kappa shape index (κ1) is 80.1. The summed E-state index contributed by atoms with van der Waals surface area (Å²) in [7, 11) is -26.1. The molecule has 82 heavy (non-hydrogen) atoms. The van der Waals surface area contributed by atoms with Crippen LogP contribution >= 0.6 is 31.8 Å². The van der Waals surface area contributed by atoms with E-state index >= 15 is 0 Å². The van der Waals surface area contributed by atoms with Crippen LogP contribution in [0.5, 0.6) is 0 Å². The summed E-state index contributed by atoms with van der Waals surface area (Å²) in [6.45, 7) is 0.0405. The molecule has 5 rings (SSSR count). The summed E-state index contributed by atoms with van der Waals surface area (Å²) in [5.41, 5.74) is -23.2. The van der Waals surface area contributed by atoms with Gasteiger partial charge >= 0.3 is 157 Å². The Morgan fingerprint density at radius 2 is 0.561 bits per heavy atom. The van der Waals surface area contributed by atoms with Crippen LogP contribution in [0.15, 0.2) is 97.1 Å². The minimum Gasteiger partial charge on any atom is -0.683 e. The number of ketones is 4. The van der Waals surface area contributed by atoms with E-state index < -0.39 is 99.8 Å². The smallest absolute Gasteiger partial charge is 0.683 e. The topological polar surface area (TPSA) is 347 Å². The van der Waals surface area contributed by atoms with Crippen LogP contribution < -0.4 is 157 Å². The second-order valence-electron chi connectivity index (χ2n) is 18.2. The maximum atomic E-state index is 14.5. The molecule has 1 heterocycles. The van der Waals surface area contributed by atoms with E-state index in [4.69, 9.17) is 0 Å². The number of carbonyl (C=O) groups is 4. The Balaban J connectivity index is 0.00000840. The second-order valence-corrected chi connectivity index (χ2v) is 24.6. The minimum absolute atomic E-state index is 0. The van der Waals surface area contributed by atoms with Crippen LogP contribution in [0.25, 0.3) is 0 Å². The van der Waals surface area contributed by atoms with Crippen LogP contribution in [0, 0.1) is 0 Å². The zero-order valence-corrected chi connectivity index (χ0v) is 56.0. The maximum absolute atomic E-state index is 14.5. The van der Waals surface area contributed by atoms with Crippen molar-refractivity contribution in [2.75, 3.05) is 52.4 Å².